The maximum Gasteiger partial charge on any atom is 0.254 e. The Morgan fingerprint density at radius 3 is 2.39 bits per heavy atom. The number of ether oxygens (including phenoxy) is 2. The Bertz CT molecular complexity index is 939. The molecule has 6 nitrogen and oxygen atoms in total. The monoisotopic (exact) mass is 444 g/mol. The zero-order valence-electron chi connectivity index (χ0n) is 18.4. The Morgan fingerprint density at radius 2 is 1.84 bits per heavy atom. The highest BCUT2D eigenvalue weighted by Gasteiger charge is 2.33. The number of hydrogen-bond acceptors (Lipinski definition) is 4. The third-order valence-corrected chi connectivity index (χ3v) is 5.36. The topological polar surface area (TPSA) is 67.9 Å². The van der Waals surface area contributed by atoms with Crippen molar-refractivity contribution in [3.63, 3.8) is 0 Å². The first-order valence-corrected chi connectivity index (χ1v) is 10.8. The van der Waals surface area contributed by atoms with Crippen LogP contribution in [0.2, 0.25) is 5.02 Å². The summed E-state index contributed by atoms with van der Waals surface area (Å²) in [7, 11) is 3.14. The van der Waals surface area contributed by atoms with E-state index in [4.69, 9.17) is 21.1 Å². The first-order valence-electron chi connectivity index (χ1n) is 10.5. The molecule has 1 N–H and O–H groups in total. The highest BCUT2D eigenvalue weighted by Crippen LogP contribution is 2.38. The molecule has 0 heterocycles. The van der Waals surface area contributed by atoms with E-state index in [0.29, 0.717) is 46.7 Å². The smallest absolute Gasteiger partial charge is 0.254 e. The van der Waals surface area contributed by atoms with Gasteiger partial charge in [0.2, 0.25) is 0 Å². The summed E-state index contributed by atoms with van der Waals surface area (Å²) in [5.41, 5.74) is 2.01. The molecule has 0 aromatic heterocycles. The lowest BCUT2D eigenvalue weighted by Gasteiger charge is -2.24. The van der Waals surface area contributed by atoms with E-state index in [1.807, 2.05) is 30.9 Å². The van der Waals surface area contributed by atoms with Gasteiger partial charge in [-0.3, -0.25) is 9.59 Å². The molecule has 2 aromatic rings. The van der Waals surface area contributed by atoms with Gasteiger partial charge in [0.1, 0.15) is 0 Å². The van der Waals surface area contributed by atoms with Crippen molar-refractivity contribution in [3.05, 3.63) is 58.1 Å². The second-order valence-corrected chi connectivity index (χ2v) is 8.54. The minimum atomic E-state index is -0.136. The molecule has 0 aliphatic heterocycles. The molecule has 0 atom stereocenters. The van der Waals surface area contributed by atoms with Crippen LogP contribution in [0.3, 0.4) is 0 Å². The maximum atomic E-state index is 13.4. The van der Waals surface area contributed by atoms with E-state index in [1.54, 1.807) is 31.3 Å². The first-order chi connectivity index (χ1) is 14.8. The van der Waals surface area contributed by atoms with Crippen LogP contribution in [-0.4, -0.2) is 43.5 Å². The summed E-state index contributed by atoms with van der Waals surface area (Å²) in [5.74, 6) is 0.998. The molecule has 7 heteroatoms. The Morgan fingerprint density at radius 1 is 1.16 bits per heavy atom. The average molecular weight is 445 g/mol. The van der Waals surface area contributed by atoms with Crippen LogP contribution in [0.15, 0.2) is 36.4 Å². The third kappa shape index (κ3) is 5.70. The number of carbonyl (C=O) groups excluding carboxylic acids is 2. The van der Waals surface area contributed by atoms with Crippen LogP contribution in [0.5, 0.6) is 11.5 Å². The van der Waals surface area contributed by atoms with Crippen molar-refractivity contribution in [1.82, 2.24) is 10.2 Å². The van der Waals surface area contributed by atoms with Gasteiger partial charge in [0.25, 0.3) is 11.8 Å². The van der Waals surface area contributed by atoms with Gasteiger partial charge in [-0.1, -0.05) is 37.6 Å². The number of hydrogen-bond donors (Lipinski definition) is 1. The fourth-order valence-corrected chi connectivity index (χ4v) is 3.52. The zero-order chi connectivity index (χ0) is 22.5. The highest BCUT2D eigenvalue weighted by atomic mass is 35.5. The fraction of sp³-hybridized carbons (Fsp3) is 0.417. The number of amides is 2. The summed E-state index contributed by atoms with van der Waals surface area (Å²) >= 11 is 6.45. The first kappa shape index (κ1) is 22.9. The van der Waals surface area contributed by atoms with Crippen molar-refractivity contribution >= 4 is 23.4 Å². The predicted molar refractivity (Wildman–Crippen MR) is 121 cm³/mol. The van der Waals surface area contributed by atoms with Crippen LogP contribution < -0.4 is 14.8 Å². The van der Waals surface area contributed by atoms with E-state index < -0.39 is 0 Å². The van der Waals surface area contributed by atoms with E-state index in [1.165, 1.54) is 7.11 Å². The summed E-state index contributed by atoms with van der Waals surface area (Å²) in [5, 5.41) is 2.96. The molecule has 0 saturated heterocycles. The van der Waals surface area contributed by atoms with Crippen LogP contribution in [0, 0.1) is 5.92 Å². The predicted octanol–water partition coefficient (Wildman–Crippen LogP) is 4.55. The third-order valence-electron chi connectivity index (χ3n) is 5.08. The van der Waals surface area contributed by atoms with E-state index in [2.05, 4.69) is 5.32 Å². The molecule has 3 rings (SSSR count). The molecule has 166 valence electrons. The van der Waals surface area contributed by atoms with Crippen LogP contribution >= 0.6 is 11.6 Å². The fourth-order valence-electron chi connectivity index (χ4n) is 3.25. The van der Waals surface area contributed by atoms with E-state index in [0.717, 1.165) is 18.4 Å². The van der Waals surface area contributed by atoms with E-state index in [-0.39, 0.29) is 17.9 Å². The summed E-state index contributed by atoms with van der Waals surface area (Å²) in [6.07, 6.45) is 1.95. The van der Waals surface area contributed by atoms with E-state index >= 15 is 0 Å². The molecule has 0 radical (unpaired) electrons. The molecule has 31 heavy (non-hydrogen) atoms. The van der Waals surface area contributed by atoms with Crippen molar-refractivity contribution in [2.45, 2.75) is 39.3 Å². The number of benzene rings is 2. The lowest BCUT2D eigenvalue weighted by atomic mass is 10.1. The molecule has 1 saturated carbocycles. The number of halogens is 1. The van der Waals surface area contributed by atoms with Crippen molar-refractivity contribution in [3.8, 4) is 11.5 Å². The SMILES string of the molecule is CNC(=O)c1ccc(CN(C(=O)c2cc(Cl)c(OCC(C)C)c(OC)c2)C2CC2)cc1. The van der Waals surface area contributed by atoms with Gasteiger partial charge in [-0.05, 0) is 48.6 Å². The lowest BCUT2D eigenvalue weighted by molar-refractivity contribution is 0.0729. The summed E-state index contributed by atoms with van der Waals surface area (Å²) in [4.78, 5) is 27.0. The molecule has 0 unspecified atom stereocenters. The summed E-state index contributed by atoms with van der Waals surface area (Å²) in [6, 6.07) is 10.8. The van der Waals surface area contributed by atoms with Gasteiger partial charge in [0.05, 0.1) is 18.7 Å². The molecule has 0 bridgehead atoms. The molecule has 1 fully saturated rings. The standard InChI is InChI=1S/C24H29ClN2O4/c1-15(2)14-31-22-20(25)11-18(12-21(22)30-4)24(29)27(19-9-10-19)13-16-5-7-17(8-6-16)23(28)26-3/h5-8,11-12,15,19H,9-10,13-14H2,1-4H3,(H,26,28). The maximum absolute atomic E-state index is 13.4. The molecule has 1 aliphatic carbocycles. The molecule has 2 amide bonds. The lowest BCUT2D eigenvalue weighted by Crippen LogP contribution is -2.32. The van der Waals surface area contributed by atoms with Gasteiger partial charge in [0, 0.05) is 30.8 Å². The number of rotatable bonds is 9. The van der Waals surface area contributed by atoms with E-state index in [9.17, 15) is 9.59 Å². The second kappa shape index (κ2) is 10.1. The summed E-state index contributed by atoms with van der Waals surface area (Å²) < 4.78 is 11.2. The Kier molecular flexibility index (Phi) is 7.44. The molecule has 1 aliphatic rings. The van der Waals surface area contributed by atoms with Crippen LogP contribution in [0.4, 0.5) is 0 Å². The molecule has 0 spiro atoms. The molecular weight excluding hydrogens is 416 g/mol. The second-order valence-electron chi connectivity index (χ2n) is 8.13. The zero-order valence-corrected chi connectivity index (χ0v) is 19.2. The quantitative estimate of drug-likeness (QED) is 0.616. The molecular formula is C24H29ClN2O4. The van der Waals surface area contributed by atoms with Gasteiger partial charge in [-0.2, -0.15) is 0 Å². The average Bonchev–Trinajstić information content (AvgIpc) is 3.60. The minimum absolute atomic E-state index is 0.103. The van der Waals surface area contributed by atoms with Gasteiger partial charge >= 0.3 is 0 Å². The van der Waals surface area contributed by atoms with Gasteiger partial charge < -0.3 is 19.7 Å². The largest absolute Gasteiger partial charge is 0.493 e. The van der Waals surface area contributed by atoms with Crippen LogP contribution in [-0.2, 0) is 6.54 Å². The van der Waals surface area contributed by atoms with Crippen LogP contribution in [0.25, 0.3) is 0 Å². The Labute approximate surface area is 188 Å². The summed E-state index contributed by atoms with van der Waals surface area (Å²) in [6.45, 7) is 5.06. The minimum Gasteiger partial charge on any atom is -0.493 e. The number of nitrogens with one attached hydrogen (secondary N) is 1. The number of nitrogens with zero attached hydrogens (tertiary/aromatic N) is 1. The molecule has 2 aromatic carbocycles. The van der Waals surface area contributed by atoms with Crippen molar-refractivity contribution in [1.29, 1.82) is 0 Å². The number of carbonyl (C=O) groups is 2. The van der Waals surface area contributed by atoms with Crippen LogP contribution in [0.1, 0.15) is 53.0 Å². The highest BCUT2D eigenvalue weighted by molar-refractivity contribution is 6.32. The van der Waals surface area contributed by atoms with Gasteiger partial charge in [-0.25, -0.2) is 0 Å². The Hall–Kier alpha value is -2.73. The van der Waals surface area contributed by atoms with Crippen molar-refractivity contribution < 1.29 is 19.1 Å². The normalized spacial score (nSPS) is 13.1. The van der Waals surface area contributed by atoms with Crippen molar-refractivity contribution in [2.24, 2.45) is 5.92 Å². The number of methoxy groups -OCH3 is 1. The van der Waals surface area contributed by atoms with Gasteiger partial charge in [0.15, 0.2) is 11.5 Å². The van der Waals surface area contributed by atoms with Gasteiger partial charge in [-0.15, -0.1) is 0 Å². The van der Waals surface area contributed by atoms with Crippen molar-refractivity contribution in [2.75, 3.05) is 20.8 Å². The Balaban J connectivity index is 1.81.